The molecule has 2 aliphatic rings. The smallest absolute Gasteiger partial charge is 0.312 e. The number of rotatable bonds is 4. The molecule has 1 aromatic carbocycles. The number of amides is 1. The SMILES string of the molecule is CCOC(=O)[C@]1(C)[C@@H]2[C@H](C=C[C@H]1C)CN(C(=O)c1ccccc1)[C@H]2C(C)C. The van der Waals surface area contributed by atoms with Crippen LogP contribution in [-0.4, -0.2) is 36.0 Å². The molecule has 0 aromatic heterocycles. The Morgan fingerprint density at radius 1 is 1.22 bits per heavy atom. The van der Waals surface area contributed by atoms with Gasteiger partial charge in [-0.3, -0.25) is 9.59 Å². The summed E-state index contributed by atoms with van der Waals surface area (Å²) >= 11 is 0. The third-order valence-electron chi connectivity index (χ3n) is 6.56. The van der Waals surface area contributed by atoms with Crippen LogP contribution in [0.1, 0.15) is 45.0 Å². The number of carbonyl (C=O) groups is 2. The first kappa shape index (κ1) is 19.7. The molecule has 1 fully saturated rings. The van der Waals surface area contributed by atoms with Crippen molar-refractivity contribution in [2.45, 2.75) is 40.7 Å². The van der Waals surface area contributed by atoms with Crippen LogP contribution in [0.5, 0.6) is 0 Å². The van der Waals surface area contributed by atoms with Gasteiger partial charge in [0.25, 0.3) is 5.91 Å². The number of esters is 1. The number of hydrogen-bond donors (Lipinski definition) is 0. The Hall–Kier alpha value is -2.10. The molecule has 146 valence electrons. The largest absolute Gasteiger partial charge is 0.466 e. The van der Waals surface area contributed by atoms with Crippen LogP contribution in [0.3, 0.4) is 0 Å². The summed E-state index contributed by atoms with van der Waals surface area (Å²) in [6.45, 7) is 11.3. The molecule has 3 rings (SSSR count). The molecule has 0 saturated carbocycles. The zero-order valence-electron chi connectivity index (χ0n) is 17.0. The third kappa shape index (κ3) is 3.19. The fourth-order valence-corrected chi connectivity index (χ4v) is 5.05. The van der Waals surface area contributed by atoms with E-state index in [0.717, 1.165) is 0 Å². The van der Waals surface area contributed by atoms with Crippen molar-refractivity contribution in [3.8, 4) is 0 Å². The lowest BCUT2D eigenvalue weighted by molar-refractivity contribution is -0.163. The summed E-state index contributed by atoms with van der Waals surface area (Å²) in [5.74, 6) is 0.471. The molecule has 1 amide bonds. The van der Waals surface area contributed by atoms with E-state index in [2.05, 4.69) is 32.9 Å². The number of hydrogen-bond acceptors (Lipinski definition) is 3. The number of carbonyl (C=O) groups excluding carboxylic acids is 2. The van der Waals surface area contributed by atoms with Gasteiger partial charge in [0.05, 0.1) is 12.0 Å². The molecule has 0 bridgehead atoms. The Labute approximate surface area is 162 Å². The molecule has 27 heavy (non-hydrogen) atoms. The van der Waals surface area contributed by atoms with Gasteiger partial charge in [-0.25, -0.2) is 0 Å². The lowest BCUT2D eigenvalue weighted by Crippen LogP contribution is -2.52. The molecule has 1 saturated heterocycles. The van der Waals surface area contributed by atoms with E-state index in [-0.39, 0.29) is 41.6 Å². The molecule has 0 unspecified atom stereocenters. The second-order valence-electron chi connectivity index (χ2n) is 8.42. The van der Waals surface area contributed by atoms with Gasteiger partial charge >= 0.3 is 5.97 Å². The fourth-order valence-electron chi connectivity index (χ4n) is 5.05. The standard InChI is InChI=1S/C23H31NO3/c1-6-27-22(26)23(5)16(4)12-13-18-14-24(20(15(2)3)19(18)23)21(25)17-10-8-7-9-11-17/h7-13,15-16,18-20H,6,14H2,1-5H3/t16-,18-,19-,20+,23+/m1/s1. The summed E-state index contributed by atoms with van der Waals surface area (Å²) in [6, 6.07) is 9.44. The Morgan fingerprint density at radius 2 is 1.89 bits per heavy atom. The summed E-state index contributed by atoms with van der Waals surface area (Å²) in [4.78, 5) is 28.3. The highest BCUT2D eigenvalue weighted by molar-refractivity contribution is 5.95. The molecule has 1 aliphatic heterocycles. The highest BCUT2D eigenvalue weighted by Gasteiger charge is 2.59. The number of likely N-dealkylation sites (tertiary alicyclic amines) is 1. The number of ether oxygens (including phenoxy) is 1. The van der Waals surface area contributed by atoms with Crippen LogP contribution < -0.4 is 0 Å². The van der Waals surface area contributed by atoms with Crippen LogP contribution in [-0.2, 0) is 9.53 Å². The molecule has 1 aromatic rings. The van der Waals surface area contributed by atoms with E-state index in [9.17, 15) is 9.59 Å². The Morgan fingerprint density at radius 3 is 2.48 bits per heavy atom. The predicted octanol–water partition coefficient (Wildman–Crippen LogP) is 4.17. The van der Waals surface area contributed by atoms with Crippen LogP contribution >= 0.6 is 0 Å². The van der Waals surface area contributed by atoms with E-state index >= 15 is 0 Å². The minimum absolute atomic E-state index is 0.00418. The van der Waals surface area contributed by atoms with Crippen molar-refractivity contribution in [3.63, 3.8) is 0 Å². The van der Waals surface area contributed by atoms with Gasteiger partial charge < -0.3 is 9.64 Å². The minimum Gasteiger partial charge on any atom is -0.466 e. The Balaban J connectivity index is 2.02. The fraction of sp³-hybridized carbons (Fsp3) is 0.565. The van der Waals surface area contributed by atoms with E-state index in [4.69, 9.17) is 4.74 Å². The van der Waals surface area contributed by atoms with Crippen molar-refractivity contribution < 1.29 is 14.3 Å². The summed E-state index contributed by atoms with van der Waals surface area (Å²) in [6.07, 6.45) is 4.34. The third-order valence-corrected chi connectivity index (χ3v) is 6.56. The minimum atomic E-state index is -0.629. The summed E-state index contributed by atoms with van der Waals surface area (Å²) in [5.41, 5.74) is 0.0764. The van der Waals surface area contributed by atoms with Crippen molar-refractivity contribution in [2.24, 2.45) is 29.1 Å². The maximum Gasteiger partial charge on any atom is 0.312 e. The van der Waals surface area contributed by atoms with Crippen molar-refractivity contribution in [1.29, 1.82) is 0 Å². The van der Waals surface area contributed by atoms with Crippen LogP contribution in [0.4, 0.5) is 0 Å². The van der Waals surface area contributed by atoms with Crippen molar-refractivity contribution in [2.75, 3.05) is 13.2 Å². The van der Waals surface area contributed by atoms with Gasteiger partial charge in [0, 0.05) is 30.0 Å². The van der Waals surface area contributed by atoms with Gasteiger partial charge in [-0.05, 0) is 37.8 Å². The number of nitrogens with zero attached hydrogens (tertiary/aromatic N) is 1. The quantitative estimate of drug-likeness (QED) is 0.591. The molecular formula is C23H31NO3. The van der Waals surface area contributed by atoms with Crippen molar-refractivity contribution >= 4 is 11.9 Å². The normalized spacial score (nSPS) is 32.4. The van der Waals surface area contributed by atoms with E-state index in [1.54, 1.807) is 0 Å². The maximum absolute atomic E-state index is 13.3. The van der Waals surface area contributed by atoms with Gasteiger partial charge in [0.15, 0.2) is 0 Å². The van der Waals surface area contributed by atoms with Gasteiger partial charge in [-0.2, -0.15) is 0 Å². The molecule has 1 aliphatic carbocycles. The zero-order chi connectivity index (χ0) is 19.8. The van der Waals surface area contributed by atoms with Crippen molar-refractivity contribution in [3.05, 3.63) is 48.0 Å². The van der Waals surface area contributed by atoms with E-state index in [1.165, 1.54) is 0 Å². The van der Waals surface area contributed by atoms with Crippen LogP contribution in [0.25, 0.3) is 0 Å². The second kappa shape index (κ2) is 7.49. The van der Waals surface area contributed by atoms with Crippen LogP contribution in [0, 0.1) is 29.1 Å². The summed E-state index contributed by atoms with van der Waals surface area (Å²) in [7, 11) is 0. The van der Waals surface area contributed by atoms with Gasteiger partial charge in [0.2, 0.25) is 0 Å². The first-order valence-electron chi connectivity index (χ1n) is 10.0. The lowest BCUT2D eigenvalue weighted by atomic mass is 9.58. The molecular weight excluding hydrogens is 338 g/mol. The van der Waals surface area contributed by atoms with E-state index in [1.807, 2.05) is 49.1 Å². The van der Waals surface area contributed by atoms with E-state index < -0.39 is 5.41 Å². The summed E-state index contributed by atoms with van der Waals surface area (Å²) in [5, 5.41) is 0. The highest BCUT2D eigenvalue weighted by Crippen LogP contribution is 2.53. The van der Waals surface area contributed by atoms with E-state index in [0.29, 0.717) is 18.7 Å². The number of benzene rings is 1. The average molecular weight is 370 g/mol. The Kier molecular flexibility index (Phi) is 5.45. The topological polar surface area (TPSA) is 46.6 Å². The molecule has 5 atom stereocenters. The number of fused-ring (bicyclic) bond motifs is 1. The molecule has 0 N–H and O–H groups in total. The molecule has 1 heterocycles. The summed E-state index contributed by atoms with van der Waals surface area (Å²) < 4.78 is 5.50. The van der Waals surface area contributed by atoms with Gasteiger partial charge in [-0.1, -0.05) is 51.1 Å². The van der Waals surface area contributed by atoms with Crippen LogP contribution in [0.2, 0.25) is 0 Å². The predicted molar refractivity (Wildman–Crippen MR) is 106 cm³/mol. The molecule has 0 spiro atoms. The first-order chi connectivity index (χ1) is 12.8. The highest BCUT2D eigenvalue weighted by atomic mass is 16.5. The van der Waals surface area contributed by atoms with Gasteiger partial charge in [0.1, 0.15) is 0 Å². The Bertz CT molecular complexity index is 726. The lowest BCUT2D eigenvalue weighted by Gasteiger charge is -2.46. The monoisotopic (exact) mass is 369 g/mol. The van der Waals surface area contributed by atoms with Crippen LogP contribution in [0.15, 0.2) is 42.5 Å². The molecule has 4 heteroatoms. The van der Waals surface area contributed by atoms with Crippen molar-refractivity contribution in [1.82, 2.24) is 4.90 Å². The molecule has 4 nitrogen and oxygen atoms in total. The number of allylic oxidation sites excluding steroid dienone is 1. The molecule has 0 radical (unpaired) electrons. The van der Waals surface area contributed by atoms with Gasteiger partial charge in [-0.15, -0.1) is 0 Å². The zero-order valence-corrected chi connectivity index (χ0v) is 17.0. The first-order valence-corrected chi connectivity index (χ1v) is 10.0. The second-order valence-corrected chi connectivity index (χ2v) is 8.42. The maximum atomic E-state index is 13.3. The average Bonchev–Trinajstić information content (AvgIpc) is 3.06.